The predicted octanol–water partition coefficient (Wildman–Crippen LogP) is 2.70. The minimum Gasteiger partial charge on any atom is -0.398 e. The zero-order chi connectivity index (χ0) is 14.3. The number of halogens is 1. The van der Waals surface area contributed by atoms with Crippen LogP contribution in [0.4, 0.5) is 5.69 Å². The van der Waals surface area contributed by atoms with Crippen LogP contribution in [-0.2, 0) is 10.0 Å². The maximum absolute atomic E-state index is 12.3. The average Bonchev–Trinajstić information content (AvgIpc) is 2.28. The molecule has 0 aliphatic heterocycles. The second kappa shape index (κ2) is 4.96. The average molecular weight is 303 g/mol. The Bertz CT molecular complexity index is 595. The van der Waals surface area contributed by atoms with Gasteiger partial charge in [0.25, 0.3) is 0 Å². The molecule has 0 bridgehead atoms. The van der Waals surface area contributed by atoms with Crippen LogP contribution < -0.4 is 10.5 Å². The second-order valence-corrected chi connectivity index (χ2v) is 7.78. The van der Waals surface area contributed by atoms with Crippen LogP contribution in [-0.4, -0.2) is 15.0 Å². The minimum absolute atomic E-state index is 0.0884. The van der Waals surface area contributed by atoms with Gasteiger partial charge in [0.1, 0.15) is 0 Å². The van der Waals surface area contributed by atoms with E-state index in [2.05, 4.69) is 11.6 Å². The number of anilines is 1. The fourth-order valence-corrected chi connectivity index (χ4v) is 4.05. The molecule has 2 rings (SSSR count). The lowest BCUT2D eigenvalue weighted by Crippen LogP contribution is -2.40. The lowest BCUT2D eigenvalue weighted by atomic mass is 9.71. The third kappa shape index (κ3) is 3.04. The van der Waals surface area contributed by atoms with E-state index >= 15 is 0 Å². The Morgan fingerprint density at radius 2 is 2.05 bits per heavy atom. The molecule has 1 aliphatic carbocycles. The Hall–Kier alpha value is -0.780. The first-order chi connectivity index (χ1) is 8.73. The van der Waals surface area contributed by atoms with Gasteiger partial charge in [-0.2, -0.15) is 0 Å². The van der Waals surface area contributed by atoms with E-state index in [1.165, 1.54) is 12.5 Å². The predicted molar refractivity (Wildman–Crippen MR) is 77.7 cm³/mol. The second-order valence-electron chi connectivity index (χ2n) is 5.61. The van der Waals surface area contributed by atoms with Gasteiger partial charge >= 0.3 is 0 Å². The molecular weight excluding hydrogens is 284 g/mol. The van der Waals surface area contributed by atoms with Gasteiger partial charge in [0.2, 0.25) is 10.0 Å². The fraction of sp³-hybridized carbons (Fsp3) is 0.538. The molecule has 0 amide bonds. The molecule has 0 spiro atoms. The lowest BCUT2D eigenvalue weighted by Gasteiger charge is -2.38. The van der Waals surface area contributed by atoms with Crippen LogP contribution in [0.1, 0.15) is 31.7 Å². The molecule has 4 nitrogen and oxygen atoms in total. The molecule has 19 heavy (non-hydrogen) atoms. The van der Waals surface area contributed by atoms with E-state index < -0.39 is 10.0 Å². The van der Waals surface area contributed by atoms with Crippen molar-refractivity contribution in [1.29, 1.82) is 0 Å². The van der Waals surface area contributed by atoms with Crippen molar-refractivity contribution in [2.75, 3.05) is 12.3 Å². The van der Waals surface area contributed by atoms with Gasteiger partial charge in [0.15, 0.2) is 0 Å². The number of nitrogens with two attached hydrogens (primary N) is 1. The minimum atomic E-state index is -3.56. The fourth-order valence-electron chi connectivity index (χ4n) is 2.26. The summed E-state index contributed by atoms with van der Waals surface area (Å²) in [5.74, 6) is 0. The Labute approximate surface area is 119 Å². The van der Waals surface area contributed by atoms with Crippen LogP contribution >= 0.6 is 11.6 Å². The molecule has 0 heterocycles. The molecule has 1 saturated carbocycles. The summed E-state index contributed by atoms with van der Waals surface area (Å²) in [4.78, 5) is 0.167. The molecule has 106 valence electrons. The summed E-state index contributed by atoms with van der Waals surface area (Å²) in [5.41, 5.74) is 6.78. The summed E-state index contributed by atoms with van der Waals surface area (Å²) < 4.78 is 27.3. The molecule has 1 fully saturated rings. The van der Waals surface area contributed by atoms with E-state index in [4.69, 9.17) is 17.3 Å². The first-order valence-electron chi connectivity index (χ1n) is 6.29. The van der Waals surface area contributed by atoms with Crippen molar-refractivity contribution >= 4 is 27.3 Å². The van der Waals surface area contributed by atoms with Crippen LogP contribution in [0, 0.1) is 12.3 Å². The molecule has 3 N–H and O–H groups in total. The number of hydrogen-bond acceptors (Lipinski definition) is 3. The summed E-state index contributed by atoms with van der Waals surface area (Å²) in [6.07, 6.45) is 3.29. The van der Waals surface area contributed by atoms with Gasteiger partial charge in [-0.05, 0) is 42.9 Å². The van der Waals surface area contributed by atoms with Crippen molar-refractivity contribution in [3.05, 3.63) is 22.7 Å². The summed E-state index contributed by atoms with van der Waals surface area (Å²) in [5, 5.41) is 0.332. The number of hydrogen-bond donors (Lipinski definition) is 2. The van der Waals surface area contributed by atoms with Gasteiger partial charge < -0.3 is 5.73 Å². The maximum Gasteiger partial charge on any atom is 0.240 e. The van der Waals surface area contributed by atoms with Crippen molar-refractivity contribution in [3.63, 3.8) is 0 Å². The number of rotatable bonds is 4. The van der Waals surface area contributed by atoms with Crippen molar-refractivity contribution in [1.82, 2.24) is 4.72 Å². The van der Waals surface area contributed by atoms with Gasteiger partial charge in [-0.15, -0.1) is 0 Å². The summed E-state index contributed by atoms with van der Waals surface area (Å²) in [7, 11) is -3.56. The number of nitrogen functional groups attached to an aromatic ring is 1. The Morgan fingerprint density at radius 3 is 2.58 bits per heavy atom. The van der Waals surface area contributed by atoms with E-state index in [0.29, 0.717) is 22.8 Å². The number of sulfonamides is 1. The third-order valence-electron chi connectivity index (χ3n) is 3.90. The van der Waals surface area contributed by atoms with E-state index in [-0.39, 0.29) is 10.3 Å². The Kier molecular flexibility index (Phi) is 3.82. The molecule has 6 heteroatoms. The highest BCUT2D eigenvalue weighted by molar-refractivity contribution is 7.89. The van der Waals surface area contributed by atoms with Gasteiger partial charge in [0.05, 0.1) is 4.90 Å². The highest BCUT2D eigenvalue weighted by Crippen LogP contribution is 2.39. The number of nitrogens with one attached hydrogen (secondary N) is 1. The van der Waals surface area contributed by atoms with Gasteiger partial charge in [-0.25, -0.2) is 13.1 Å². The van der Waals surface area contributed by atoms with Crippen molar-refractivity contribution < 1.29 is 8.42 Å². The quantitative estimate of drug-likeness (QED) is 0.840. The van der Waals surface area contributed by atoms with Crippen LogP contribution in [0.5, 0.6) is 0 Å². The largest absolute Gasteiger partial charge is 0.398 e. The molecule has 1 aliphatic rings. The van der Waals surface area contributed by atoms with E-state index in [9.17, 15) is 8.42 Å². The van der Waals surface area contributed by atoms with E-state index in [1.807, 2.05) is 0 Å². The highest BCUT2D eigenvalue weighted by Gasteiger charge is 2.33. The zero-order valence-corrected chi connectivity index (χ0v) is 12.7. The maximum atomic E-state index is 12.3. The molecule has 1 aromatic carbocycles. The lowest BCUT2D eigenvalue weighted by molar-refractivity contribution is 0.166. The first kappa shape index (κ1) is 14.6. The smallest absolute Gasteiger partial charge is 0.240 e. The normalized spacial score (nSPS) is 18.1. The summed E-state index contributed by atoms with van der Waals surface area (Å²) in [6, 6.07) is 3.00. The zero-order valence-electron chi connectivity index (χ0n) is 11.2. The summed E-state index contributed by atoms with van der Waals surface area (Å²) >= 11 is 5.88. The summed E-state index contributed by atoms with van der Waals surface area (Å²) in [6.45, 7) is 4.24. The molecule has 0 atom stereocenters. The van der Waals surface area contributed by atoms with Crippen LogP contribution in [0.3, 0.4) is 0 Å². The topological polar surface area (TPSA) is 72.2 Å². The van der Waals surface area contributed by atoms with Gasteiger partial charge in [-0.1, -0.05) is 24.9 Å². The molecule has 0 radical (unpaired) electrons. The van der Waals surface area contributed by atoms with Gasteiger partial charge in [0, 0.05) is 17.3 Å². The standard InChI is InChI=1S/C13H19ClN2O2S/c1-9-11(15)6-10(14)7-12(9)19(17,18)16-8-13(2)4-3-5-13/h6-7,16H,3-5,8,15H2,1-2H3. The van der Waals surface area contributed by atoms with Gasteiger partial charge in [-0.3, -0.25) is 0 Å². The number of benzene rings is 1. The van der Waals surface area contributed by atoms with Crippen molar-refractivity contribution in [2.24, 2.45) is 5.41 Å². The van der Waals surface area contributed by atoms with Crippen molar-refractivity contribution in [3.8, 4) is 0 Å². The van der Waals surface area contributed by atoms with Crippen LogP contribution in [0.25, 0.3) is 0 Å². The Balaban J connectivity index is 2.24. The molecule has 0 saturated heterocycles. The van der Waals surface area contributed by atoms with Crippen LogP contribution in [0.2, 0.25) is 5.02 Å². The SMILES string of the molecule is Cc1c(N)cc(Cl)cc1S(=O)(=O)NCC1(C)CCC1. The van der Waals surface area contributed by atoms with Crippen LogP contribution in [0.15, 0.2) is 17.0 Å². The van der Waals surface area contributed by atoms with Crippen molar-refractivity contribution in [2.45, 2.75) is 38.0 Å². The highest BCUT2D eigenvalue weighted by atomic mass is 35.5. The molecular formula is C13H19ClN2O2S. The molecule has 0 aromatic heterocycles. The monoisotopic (exact) mass is 302 g/mol. The first-order valence-corrected chi connectivity index (χ1v) is 8.15. The molecule has 0 unspecified atom stereocenters. The Morgan fingerprint density at radius 1 is 1.42 bits per heavy atom. The van der Waals surface area contributed by atoms with E-state index in [0.717, 1.165) is 12.8 Å². The van der Waals surface area contributed by atoms with E-state index in [1.54, 1.807) is 13.0 Å². The molecule has 1 aromatic rings. The third-order valence-corrected chi connectivity index (χ3v) is 5.65.